The molecule has 1 aromatic carbocycles. The number of anilines is 2. The van der Waals surface area contributed by atoms with Crippen LogP contribution in [0.1, 0.15) is 30.8 Å². The highest BCUT2D eigenvalue weighted by molar-refractivity contribution is 7.14. The number of hydrogen-bond acceptors (Lipinski definition) is 6. The molecule has 0 saturated carbocycles. The first-order valence-electron chi connectivity index (χ1n) is 7.92. The number of nitrogens with one attached hydrogen (secondary N) is 3. The summed E-state index contributed by atoms with van der Waals surface area (Å²) < 4.78 is 5.27. The minimum absolute atomic E-state index is 0.0883. The number of para-hydroxylation sites is 2. The molecule has 2 rings (SSSR count). The van der Waals surface area contributed by atoms with Crippen LogP contribution in [0.5, 0.6) is 5.75 Å². The van der Waals surface area contributed by atoms with Gasteiger partial charge in [-0.2, -0.15) is 0 Å². The minimum atomic E-state index is -0.304. The van der Waals surface area contributed by atoms with Crippen LogP contribution in [0.4, 0.5) is 10.8 Å². The third kappa shape index (κ3) is 5.75. The summed E-state index contributed by atoms with van der Waals surface area (Å²) in [6.45, 7) is 4.05. The molecule has 7 nitrogen and oxygen atoms in total. The largest absolute Gasteiger partial charge is 0.495 e. The van der Waals surface area contributed by atoms with E-state index >= 15 is 0 Å². The second-order valence-electron chi connectivity index (χ2n) is 5.59. The van der Waals surface area contributed by atoms with E-state index in [9.17, 15) is 9.59 Å². The average molecular weight is 362 g/mol. The predicted octanol–water partition coefficient (Wildman–Crippen LogP) is 2.54. The molecule has 0 aliphatic carbocycles. The maximum atomic E-state index is 12.1. The predicted molar refractivity (Wildman–Crippen MR) is 98.6 cm³/mol. The van der Waals surface area contributed by atoms with E-state index in [0.717, 1.165) is 5.69 Å². The third-order valence-corrected chi connectivity index (χ3v) is 3.93. The summed E-state index contributed by atoms with van der Waals surface area (Å²) in [7, 11) is 1.59. The summed E-state index contributed by atoms with van der Waals surface area (Å²) in [6, 6.07) is 7.55. The summed E-state index contributed by atoms with van der Waals surface area (Å²) in [5, 5.41) is 10.9. The molecule has 0 fully saturated rings. The van der Waals surface area contributed by atoms with Crippen molar-refractivity contribution in [3.05, 3.63) is 35.3 Å². The number of thiazole rings is 1. The first-order valence-corrected chi connectivity index (χ1v) is 8.80. The van der Waals surface area contributed by atoms with Gasteiger partial charge in [0.15, 0.2) is 5.13 Å². The molecule has 0 aliphatic rings. The van der Waals surface area contributed by atoms with Gasteiger partial charge in [0.1, 0.15) is 11.4 Å². The lowest BCUT2D eigenvalue weighted by Crippen LogP contribution is -2.34. The van der Waals surface area contributed by atoms with Gasteiger partial charge in [0, 0.05) is 24.4 Å². The monoisotopic (exact) mass is 362 g/mol. The quantitative estimate of drug-likeness (QED) is 0.671. The van der Waals surface area contributed by atoms with Crippen molar-refractivity contribution in [2.45, 2.75) is 26.3 Å². The zero-order valence-electron chi connectivity index (χ0n) is 14.5. The Morgan fingerprint density at radius 2 is 2.04 bits per heavy atom. The molecule has 0 spiro atoms. The van der Waals surface area contributed by atoms with Crippen molar-refractivity contribution in [1.82, 2.24) is 15.6 Å². The smallest absolute Gasteiger partial charge is 0.270 e. The van der Waals surface area contributed by atoms with Gasteiger partial charge < -0.3 is 20.7 Å². The molecule has 0 radical (unpaired) electrons. The molecule has 0 unspecified atom stereocenters. The van der Waals surface area contributed by atoms with Crippen LogP contribution in [0.3, 0.4) is 0 Å². The van der Waals surface area contributed by atoms with Gasteiger partial charge in [0.2, 0.25) is 5.91 Å². The molecule has 0 atom stereocenters. The van der Waals surface area contributed by atoms with Crippen LogP contribution >= 0.6 is 11.3 Å². The number of rotatable bonds is 8. The number of aromatic nitrogens is 1. The number of methoxy groups -OCH3 is 1. The topological polar surface area (TPSA) is 92.3 Å². The van der Waals surface area contributed by atoms with Crippen LogP contribution in [0.25, 0.3) is 0 Å². The minimum Gasteiger partial charge on any atom is -0.495 e. The summed E-state index contributed by atoms with van der Waals surface area (Å²) in [5.41, 5.74) is 1.09. The number of benzene rings is 1. The lowest BCUT2D eigenvalue weighted by molar-refractivity contribution is -0.121. The van der Waals surface area contributed by atoms with Crippen molar-refractivity contribution < 1.29 is 14.3 Å². The fourth-order valence-corrected chi connectivity index (χ4v) is 2.78. The van der Waals surface area contributed by atoms with Crippen LogP contribution in [-0.2, 0) is 4.79 Å². The van der Waals surface area contributed by atoms with Crippen molar-refractivity contribution in [3.8, 4) is 5.75 Å². The molecule has 134 valence electrons. The van der Waals surface area contributed by atoms with Gasteiger partial charge >= 0.3 is 0 Å². The zero-order chi connectivity index (χ0) is 18.2. The Bertz CT molecular complexity index is 730. The molecule has 1 aromatic heterocycles. The van der Waals surface area contributed by atoms with Gasteiger partial charge in [0.25, 0.3) is 5.91 Å². The van der Waals surface area contributed by atoms with Crippen LogP contribution in [0.2, 0.25) is 0 Å². The van der Waals surface area contributed by atoms with E-state index in [1.165, 1.54) is 11.3 Å². The van der Waals surface area contributed by atoms with E-state index in [0.29, 0.717) is 16.6 Å². The van der Waals surface area contributed by atoms with Crippen molar-refractivity contribution in [1.29, 1.82) is 0 Å². The van der Waals surface area contributed by atoms with E-state index in [4.69, 9.17) is 4.74 Å². The van der Waals surface area contributed by atoms with Crippen molar-refractivity contribution in [3.63, 3.8) is 0 Å². The van der Waals surface area contributed by atoms with Crippen LogP contribution in [-0.4, -0.2) is 36.5 Å². The Hall–Kier alpha value is -2.61. The van der Waals surface area contributed by atoms with Crippen LogP contribution in [0, 0.1) is 0 Å². The van der Waals surface area contributed by atoms with Crippen molar-refractivity contribution in [2.24, 2.45) is 0 Å². The maximum absolute atomic E-state index is 12.1. The zero-order valence-corrected chi connectivity index (χ0v) is 15.3. The van der Waals surface area contributed by atoms with Gasteiger partial charge in [-0.25, -0.2) is 4.98 Å². The lowest BCUT2D eigenvalue weighted by atomic mass is 10.3. The van der Waals surface area contributed by atoms with E-state index in [2.05, 4.69) is 20.9 Å². The molecule has 25 heavy (non-hydrogen) atoms. The molecular formula is C17H22N4O3S. The number of nitrogens with zero attached hydrogens (tertiary/aromatic N) is 1. The Kier molecular flexibility index (Phi) is 6.76. The highest BCUT2D eigenvalue weighted by atomic mass is 32.1. The van der Waals surface area contributed by atoms with Gasteiger partial charge in [0.05, 0.1) is 12.8 Å². The normalized spacial score (nSPS) is 10.4. The van der Waals surface area contributed by atoms with Crippen LogP contribution < -0.4 is 20.7 Å². The molecule has 2 amide bonds. The van der Waals surface area contributed by atoms with E-state index in [1.807, 2.05) is 38.1 Å². The highest BCUT2D eigenvalue weighted by Crippen LogP contribution is 2.28. The first kappa shape index (κ1) is 18.7. The number of carbonyl (C=O) groups is 2. The highest BCUT2D eigenvalue weighted by Gasteiger charge is 2.12. The Labute approximate surface area is 150 Å². The number of ether oxygens (including phenoxy) is 1. The fraction of sp³-hybridized carbons (Fsp3) is 0.353. The van der Waals surface area contributed by atoms with E-state index in [1.54, 1.807) is 12.5 Å². The fourth-order valence-electron chi connectivity index (χ4n) is 2.07. The third-order valence-electron chi connectivity index (χ3n) is 3.17. The Balaban J connectivity index is 1.88. The molecule has 2 aromatic rings. The van der Waals surface area contributed by atoms with Gasteiger partial charge in [-0.1, -0.05) is 12.1 Å². The van der Waals surface area contributed by atoms with Gasteiger partial charge in [-0.05, 0) is 26.0 Å². The molecule has 0 bridgehead atoms. The summed E-state index contributed by atoms with van der Waals surface area (Å²) in [6.07, 6.45) is 0.236. The van der Waals surface area contributed by atoms with Gasteiger partial charge in [-0.3, -0.25) is 9.59 Å². The summed E-state index contributed by atoms with van der Waals surface area (Å²) in [5.74, 6) is 0.300. The Morgan fingerprint density at radius 1 is 1.28 bits per heavy atom. The Morgan fingerprint density at radius 3 is 2.76 bits per heavy atom. The second kappa shape index (κ2) is 9.03. The standard InChI is InChI=1S/C17H22N4O3S/c1-11(2)19-15(22)8-9-18-16(23)13-10-25-17(21-13)20-12-6-4-5-7-14(12)24-3/h4-7,10-11H,8-9H2,1-3H3,(H,18,23)(H,19,22)(H,20,21). The number of amides is 2. The van der Waals surface area contributed by atoms with E-state index < -0.39 is 0 Å². The first-order chi connectivity index (χ1) is 12.0. The number of carbonyl (C=O) groups excluding carboxylic acids is 2. The molecule has 0 aliphatic heterocycles. The molecule has 1 heterocycles. The van der Waals surface area contributed by atoms with Gasteiger partial charge in [-0.15, -0.1) is 11.3 Å². The lowest BCUT2D eigenvalue weighted by Gasteiger charge is -2.08. The van der Waals surface area contributed by atoms with Crippen molar-refractivity contribution in [2.75, 3.05) is 19.0 Å². The SMILES string of the molecule is COc1ccccc1Nc1nc(C(=O)NCCC(=O)NC(C)C)cs1. The summed E-state index contributed by atoms with van der Waals surface area (Å²) >= 11 is 1.32. The molecular weight excluding hydrogens is 340 g/mol. The van der Waals surface area contributed by atoms with E-state index in [-0.39, 0.29) is 30.8 Å². The molecule has 0 saturated heterocycles. The average Bonchev–Trinajstić information content (AvgIpc) is 3.03. The maximum Gasteiger partial charge on any atom is 0.270 e. The summed E-state index contributed by atoms with van der Waals surface area (Å²) in [4.78, 5) is 27.9. The molecule has 8 heteroatoms. The van der Waals surface area contributed by atoms with Crippen molar-refractivity contribution >= 4 is 34.0 Å². The number of hydrogen-bond donors (Lipinski definition) is 3. The molecule has 3 N–H and O–H groups in total. The second-order valence-corrected chi connectivity index (χ2v) is 6.45. The van der Waals surface area contributed by atoms with Crippen LogP contribution in [0.15, 0.2) is 29.6 Å².